The summed E-state index contributed by atoms with van der Waals surface area (Å²) >= 11 is 0. The van der Waals surface area contributed by atoms with Crippen LogP contribution in [0.25, 0.3) is 0 Å². The van der Waals surface area contributed by atoms with E-state index in [0.29, 0.717) is 24.1 Å². The van der Waals surface area contributed by atoms with Gasteiger partial charge in [0.25, 0.3) is 5.56 Å². The highest BCUT2D eigenvalue weighted by atomic mass is 16.2. The lowest BCUT2D eigenvalue weighted by molar-refractivity contribution is -0.123. The molecule has 2 rings (SSSR count). The Morgan fingerprint density at radius 1 is 1.35 bits per heavy atom. The smallest absolute Gasteiger partial charge is 0.266 e. The van der Waals surface area contributed by atoms with Gasteiger partial charge in [-0.3, -0.25) is 19.3 Å². The number of carbonyl (C=O) groups is 2. The molecule has 4 N–H and O–H groups in total. The highest BCUT2D eigenvalue weighted by Crippen LogP contribution is 2.15. The number of aromatic nitrogens is 1. The Labute approximate surface area is 152 Å². The predicted molar refractivity (Wildman–Crippen MR) is 96.4 cm³/mol. The minimum atomic E-state index is -0.390. The summed E-state index contributed by atoms with van der Waals surface area (Å²) in [6.45, 7) is 5.24. The second kappa shape index (κ2) is 8.63. The molecular formula is C18H25N5O3. The summed E-state index contributed by atoms with van der Waals surface area (Å²) in [6, 6.07) is 2.02. The van der Waals surface area contributed by atoms with Crippen LogP contribution >= 0.6 is 0 Å². The van der Waals surface area contributed by atoms with Gasteiger partial charge in [0, 0.05) is 31.2 Å². The number of likely N-dealkylation sites (tertiary alicyclic amines) is 1. The number of aryl methyl sites for hydroxylation is 1. The first-order valence-electron chi connectivity index (χ1n) is 8.74. The number of nitrogens with two attached hydrogens (primary N) is 1. The topological polar surface area (TPSA) is 132 Å². The molecule has 26 heavy (non-hydrogen) atoms. The van der Waals surface area contributed by atoms with Crippen molar-refractivity contribution >= 4 is 11.8 Å². The lowest BCUT2D eigenvalue weighted by atomic mass is 9.98. The Bertz CT molecular complexity index is 785. The summed E-state index contributed by atoms with van der Waals surface area (Å²) < 4.78 is 0. The van der Waals surface area contributed by atoms with Crippen LogP contribution in [0.5, 0.6) is 0 Å². The molecule has 1 fully saturated rings. The quantitative estimate of drug-likeness (QED) is 0.650. The van der Waals surface area contributed by atoms with E-state index >= 15 is 0 Å². The number of amides is 2. The molecule has 8 nitrogen and oxygen atoms in total. The molecule has 2 heterocycles. The van der Waals surface area contributed by atoms with Crippen molar-refractivity contribution in [3.8, 4) is 6.07 Å². The van der Waals surface area contributed by atoms with Gasteiger partial charge in [0.15, 0.2) is 0 Å². The fraction of sp³-hybridized carbons (Fsp3) is 0.556. The van der Waals surface area contributed by atoms with E-state index in [0.717, 1.165) is 31.5 Å². The van der Waals surface area contributed by atoms with E-state index in [9.17, 15) is 14.4 Å². The van der Waals surface area contributed by atoms with Crippen molar-refractivity contribution in [2.24, 2.45) is 5.73 Å². The zero-order valence-corrected chi connectivity index (χ0v) is 15.2. The molecule has 2 amide bonds. The number of rotatable bonds is 6. The number of H-pyrrole nitrogens is 1. The van der Waals surface area contributed by atoms with Gasteiger partial charge in [-0.1, -0.05) is 0 Å². The number of nitriles is 1. The second-order valence-electron chi connectivity index (χ2n) is 6.75. The predicted octanol–water partition coefficient (Wildman–Crippen LogP) is -0.138. The minimum Gasteiger partial charge on any atom is -0.369 e. The molecule has 1 aromatic heterocycles. The fourth-order valence-electron chi connectivity index (χ4n) is 3.41. The molecule has 0 saturated carbocycles. The molecule has 140 valence electrons. The average molecular weight is 359 g/mol. The zero-order chi connectivity index (χ0) is 19.3. The van der Waals surface area contributed by atoms with Crippen LogP contribution in [0.1, 0.15) is 41.6 Å². The molecule has 8 heteroatoms. The molecule has 0 unspecified atom stereocenters. The van der Waals surface area contributed by atoms with E-state index < -0.39 is 5.56 Å². The van der Waals surface area contributed by atoms with Gasteiger partial charge in [-0.05, 0) is 44.2 Å². The van der Waals surface area contributed by atoms with Gasteiger partial charge in [-0.25, -0.2) is 0 Å². The zero-order valence-electron chi connectivity index (χ0n) is 15.2. The Morgan fingerprint density at radius 2 is 2.00 bits per heavy atom. The number of piperidine rings is 1. The van der Waals surface area contributed by atoms with Crippen molar-refractivity contribution in [2.45, 2.75) is 45.6 Å². The monoisotopic (exact) mass is 359 g/mol. The maximum absolute atomic E-state index is 12.3. The van der Waals surface area contributed by atoms with Gasteiger partial charge in [0.2, 0.25) is 11.8 Å². The Kier molecular flexibility index (Phi) is 6.52. The average Bonchev–Trinajstić information content (AvgIpc) is 2.56. The fourth-order valence-corrected chi connectivity index (χ4v) is 3.41. The maximum Gasteiger partial charge on any atom is 0.266 e. The van der Waals surface area contributed by atoms with E-state index in [4.69, 9.17) is 11.0 Å². The van der Waals surface area contributed by atoms with Crippen LogP contribution in [-0.2, 0) is 16.0 Å². The van der Waals surface area contributed by atoms with E-state index in [1.165, 1.54) is 0 Å². The molecule has 0 atom stereocenters. The van der Waals surface area contributed by atoms with Crippen LogP contribution in [0.4, 0.5) is 0 Å². The van der Waals surface area contributed by atoms with Crippen molar-refractivity contribution < 1.29 is 9.59 Å². The first-order chi connectivity index (χ1) is 12.3. The Hall–Kier alpha value is -2.66. The molecule has 1 aromatic rings. The normalized spacial score (nSPS) is 15.4. The lowest BCUT2D eigenvalue weighted by Crippen LogP contribution is -2.46. The second-order valence-corrected chi connectivity index (χ2v) is 6.75. The summed E-state index contributed by atoms with van der Waals surface area (Å²) in [5.41, 5.74) is 7.08. The van der Waals surface area contributed by atoms with Gasteiger partial charge in [0.1, 0.15) is 11.6 Å². The van der Waals surface area contributed by atoms with Crippen LogP contribution < -0.4 is 16.6 Å². The summed E-state index contributed by atoms with van der Waals surface area (Å²) in [7, 11) is 0. The van der Waals surface area contributed by atoms with Gasteiger partial charge in [-0.15, -0.1) is 0 Å². The number of carbonyl (C=O) groups excluding carboxylic acids is 2. The summed E-state index contributed by atoms with van der Waals surface area (Å²) in [4.78, 5) is 39.6. The van der Waals surface area contributed by atoms with Gasteiger partial charge >= 0.3 is 0 Å². The Morgan fingerprint density at radius 3 is 2.58 bits per heavy atom. The lowest BCUT2D eigenvalue weighted by Gasteiger charge is -2.31. The standard InChI is InChI=1S/C18H25N5O3/c1-11-14(12(2)21-18(26)15(11)9-19)3-4-17(25)22-13-5-7-23(8-6-13)10-16(20)24/h13H,3-8,10H2,1-2H3,(H2,20,24)(H,21,26)(H,22,25). The van der Waals surface area contributed by atoms with Crippen molar-refractivity contribution in [3.05, 3.63) is 32.7 Å². The molecule has 1 aliphatic rings. The van der Waals surface area contributed by atoms with Crippen molar-refractivity contribution in [1.82, 2.24) is 15.2 Å². The largest absolute Gasteiger partial charge is 0.369 e. The number of primary amides is 1. The number of aromatic amines is 1. The molecule has 1 saturated heterocycles. The van der Waals surface area contributed by atoms with E-state index in [1.54, 1.807) is 13.8 Å². The first-order valence-corrected chi connectivity index (χ1v) is 8.74. The third-order valence-electron chi connectivity index (χ3n) is 4.85. The molecule has 0 bridgehead atoms. The van der Waals surface area contributed by atoms with Crippen LogP contribution in [0.2, 0.25) is 0 Å². The maximum atomic E-state index is 12.3. The molecule has 0 radical (unpaired) electrons. The molecule has 1 aliphatic heterocycles. The number of nitrogens with zero attached hydrogens (tertiary/aromatic N) is 2. The highest BCUT2D eigenvalue weighted by molar-refractivity contribution is 5.77. The summed E-state index contributed by atoms with van der Waals surface area (Å²) in [5, 5.41) is 12.1. The third kappa shape index (κ3) is 4.92. The Balaban J connectivity index is 1.88. The van der Waals surface area contributed by atoms with Crippen LogP contribution in [0, 0.1) is 25.2 Å². The van der Waals surface area contributed by atoms with Crippen LogP contribution in [-0.4, -0.2) is 47.4 Å². The first kappa shape index (κ1) is 19.7. The number of nitrogens with one attached hydrogen (secondary N) is 2. The van der Waals surface area contributed by atoms with E-state index in [-0.39, 0.29) is 30.0 Å². The van der Waals surface area contributed by atoms with E-state index in [2.05, 4.69) is 10.3 Å². The van der Waals surface area contributed by atoms with Crippen LogP contribution in [0.15, 0.2) is 4.79 Å². The van der Waals surface area contributed by atoms with Gasteiger partial charge in [0.05, 0.1) is 6.54 Å². The van der Waals surface area contributed by atoms with Crippen LogP contribution in [0.3, 0.4) is 0 Å². The van der Waals surface area contributed by atoms with Crippen molar-refractivity contribution in [2.75, 3.05) is 19.6 Å². The van der Waals surface area contributed by atoms with Gasteiger partial charge in [-0.2, -0.15) is 5.26 Å². The van der Waals surface area contributed by atoms with Crippen molar-refractivity contribution in [3.63, 3.8) is 0 Å². The summed E-state index contributed by atoms with van der Waals surface area (Å²) in [6.07, 6.45) is 2.33. The van der Waals surface area contributed by atoms with Crippen molar-refractivity contribution in [1.29, 1.82) is 5.26 Å². The highest BCUT2D eigenvalue weighted by Gasteiger charge is 2.21. The minimum absolute atomic E-state index is 0.0538. The molecule has 0 aromatic carbocycles. The number of hydrogen-bond donors (Lipinski definition) is 3. The summed E-state index contributed by atoms with van der Waals surface area (Å²) in [5.74, 6) is -0.391. The number of hydrogen-bond acceptors (Lipinski definition) is 5. The molecule has 0 aliphatic carbocycles. The third-order valence-corrected chi connectivity index (χ3v) is 4.85. The van der Waals surface area contributed by atoms with Gasteiger partial charge < -0.3 is 16.0 Å². The van der Waals surface area contributed by atoms with E-state index in [1.807, 2.05) is 11.0 Å². The number of pyridine rings is 1. The molecule has 0 spiro atoms. The molecular weight excluding hydrogens is 334 g/mol. The SMILES string of the molecule is Cc1[nH]c(=O)c(C#N)c(C)c1CCC(=O)NC1CCN(CC(N)=O)CC1.